The third kappa shape index (κ3) is 4.47. The van der Waals surface area contributed by atoms with Crippen molar-refractivity contribution in [3.05, 3.63) is 20.3 Å². The highest BCUT2D eigenvalue weighted by atomic mass is 35.5. The van der Waals surface area contributed by atoms with Gasteiger partial charge in [0.25, 0.3) is 0 Å². The second-order valence-electron chi connectivity index (χ2n) is 3.93. The molecule has 1 heterocycles. The average Bonchev–Trinajstić information content (AvgIpc) is 2.56. The summed E-state index contributed by atoms with van der Waals surface area (Å²) in [5, 5.41) is 8.57. The number of hydrogen-bond acceptors (Lipinski definition) is 3. The number of thiophene rings is 1. The normalized spacial score (nSPS) is 13.0. The van der Waals surface area contributed by atoms with Crippen LogP contribution in [-0.4, -0.2) is 29.6 Å². The van der Waals surface area contributed by atoms with E-state index in [4.69, 9.17) is 28.3 Å². The molecular weight excluding hydrogens is 281 g/mol. The number of hydrogen-bond donors (Lipinski definition) is 1. The Morgan fingerprint density at radius 2 is 2.24 bits per heavy atom. The molecule has 0 fully saturated rings. The van der Waals surface area contributed by atoms with Crippen LogP contribution in [0.1, 0.15) is 31.4 Å². The molecule has 0 radical (unpaired) electrons. The van der Waals surface area contributed by atoms with Crippen LogP contribution in [0.15, 0.2) is 6.07 Å². The SMILES string of the molecule is CC(c1cc(Cl)sc1Cl)N(C)CCCC(=O)O. The molecule has 1 rings (SSSR count). The van der Waals surface area contributed by atoms with Crippen LogP contribution in [0.2, 0.25) is 8.67 Å². The molecule has 6 heteroatoms. The molecule has 0 amide bonds. The van der Waals surface area contributed by atoms with Crippen molar-refractivity contribution in [2.75, 3.05) is 13.6 Å². The van der Waals surface area contributed by atoms with Crippen LogP contribution in [0.25, 0.3) is 0 Å². The summed E-state index contributed by atoms with van der Waals surface area (Å²) in [4.78, 5) is 12.5. The molecule has 0 aromatic carbocycles. The summed E-state index contributed by atoms with van der Waals surface area (Å²) in [5.74, 6) is -0.761. The minimum Gasteiger partial charge on any atom is -0.481 e. The van der Waals surface area contributed by atoms with Crippen molar-refractivity contribution in [1.82, 2.24) is 4.90 Å². The van der Waals surface area contributed by atoms with E-state index < -0.39 is 5.97 Å². The monoisotopic (exact) mass is 295 g/mol. The predicted molar refractivity (Wildman–Crippen MR) is 72.3 cm³/mol. The summed E-state index contributed by atoms with van der Waals surface area (Å²) in [5.41, 5.74) is 1.000. The second kappa shape index (κ2) is 6.59. The minimum absolute atomic E-state index is 0.139. The van der Waals surface area contributed by atoms with E-state index in [-0.39, 0.29) is 12.5 Å². The Morgan fingerprint density at radius 3 is 2.71 bits per heavy atom. The fourth-order valence-corrected chi connectivity index (χ4v) is 3.18. The van der Waals surface area contributed by atoms with Crippen molar-refractivity contribution in [3.63, 3.8) is 0 Å². The maximum atomic E-state index is 10.4. The van der Waals surface area contributed by atoms with Crippen LogP contribution in [0, 0.1) is 0 Å². The van der Waals surface area contributed by atoms with Crippen LogP contribution in [-0.2, 0) is 4.79 Å². The zero-order valence-corrected chi connectivity index (χ0v) is 12.1. The van der Waals surface area contributed by atoms with E-state index >= 15 is 0 Å². The Kier molecular flexibility index (Phi) is 5.73. The van der Waals surface area contributed by atoms with Crippen LogP contribution < -0.4 is 0 Å². The van der Waals surface area contributed by atoms with Gasteiger partial charge >= 0.3 is 5.97 Å². The van der Waals surface area contributed by atoms with Gasteiger partial charge in [-0.15, -0.1) is 11.3 Å². The van der Waals surface area contributed by atoms with Crippen LogP contribution in [0.4, 0.5) is 0 Å². The quantitative estimate of drug-likeness (QED) is 0.865. The fourth-order valence-electron chi connectivity index (χ4n) is 1.55. The Balaban J connectivity index is 2.54. The zero-order valence-electron chi connectivity index (χ0n) is 9.74. The van der Waals surface area contributed by atoms with Crippen molar-refractivity contribution in [2.45, 2.75) is 25.8 Å². The smallest absolute Gasteiger partial charge is 0.303 e. The third-order valence-electron chi connectivity index (χ3n) is 2.70. The minimum atomic E-state index is -0.761. The summed E-state index contributed by atoms with van der Waals surface area (Å²) < 4.78 is 1.38. The van der Waals surface area contributed by atoms with E-state index in [0.29, 0.717) is 15.1 Å². The lowest BCUT2D eigenvalue weighted by molar-refractivity contribution is -0.137. The Hall–Kier alpha value is -0.290. The Bertz CT molecular complexity index is 395. The van der Waals surface area contributed by atoms with Crippen molar-refractivity contribution < 1.29 is 9.90 Å². The predicted octanol–water partition coefficient (Wildman–Crippen LogP) is 3.91. The van der Waals surface area contributed by atoms with E-state index in [1.807, 2.05) is 20.0 Å². The fraction of sp³-hybridized carbons (Fsp3) is 0.545. The molecule has 0 saturated heterocycles. The summed E-state index contributed by atoms with van der Waals surface area (Å²) in [7, 11) is 1.95. The molecule has 1 aromatic rings. The molecular formula is C11H15Cl2NO2S. The molecule has 1 unspecified atom stereocenters. The van der Waals surface area contributed by atoms with Gasteiger partial charge in [-0.3, -0.25) is 9.69 Å². The maximum absolute atomic E-state index is 10.4. The number of aliphatic carboxylic acids is 1. The van der Waals surface area contributed by atoms with Gasteiger partial charge in [-0.05, 0) is 33.0 Å². The van der Waals surface area contributed by atoms with Crippen LogP contribution >= 0.6 is 34.5 Å². The summed E-state index contributed by atoms with van der Waals surface area (Å²) in [6.45, 7) is 2.75. The van der Waals surface area contributed by atoms with Gasteiger partial charge in [0.15, 0.2) is 0 Å². The van der Waals surface area contributed by atoms with Crippen LogP contribution in [0.3, 0.4) is 0 Å². The summed E-state index contributed by atoms with van der Waals surface area (Å²) in [6, 6.07) is 2.01. The van der Waals surface area contributed by atoms with Crippen molar-refractivity contribution in [3.8, 4) is 0 Å². The highest BCUT2D eigenvalue weighted by Crippen LogP contribution is 2.36. The number of nitrogens with zero attached hydrogens (tertiary/aromatic N) is 1. The van der Waals surface area contributed by atoms with Gasteiger partial charge in [0.1, 0.15) is 0 Å². The van der Waals surface area contributed by atoms with Gasteiger partial charge in [-0.2, -0.15) is 0 Å². The van der Waals surface area contributed by atoms with E-state index in [1.165, 1.54) is 11.3 Å². The van der Waals surface area contributed by atoms with Crippen molar-refractivity contribution >= 4 is 40.5 Å². The lowest BCUT2D eigenvalue weighted by Gasteiger charge is -2.24. The summed E-state index contributed by atoms with van der Waals surface area (Å²) >= 11 is 13.3. The standard InChI is InChI=1S/C11H15Cl2NO2S/c1-7(8-6-9(12)17-11(8)13)14(2)5-3-4-10(15)16/h6-7H,3-5H2,1-2H3,(H,15,16). The molecule has 1 atom stereocenters. The number of halogens is 2. The number of carboxylic acid groups (broad SMARTS) is 1. The van der Waals surface area contributed by atoms with Gasteiger partial charge in [0.05, 0.1) is 8.67 Å². The largest absolute Gasteiger partial charge is 0.481 e. The Labute approximate surface area is 115 Å². The molecule has 1 aromatic heterocycles. The summed E-state index contributed by atoms with van der Waals surface area (Å²) in [6.07, 6.45) is 0.820. The van der Waals surface area contributed by atoms with E-state index in [9.17, 15) is 4.79 Å². The first-order chi connectivity index (χ1) is 7.91. The Morgan fingerprint density at radius 1 is 1.59 bits per heavy atom. The molecule has 0 aliphatic heterocycles. The zero-order chi connectivity index (χ0) is 13.0. The van der Waals surface area contributed by atoms with Gasteiger partial charge in [-0.1, -0.05) is 23.2 Å². The van der Waals surface area contributed by atoms with Crippen molar-refractivity contribution in [1.29, 1.82) is 0 Å². The average molecular weight is 296 g/mol. The molecule has 0 saturated carbocycles. The van der Waals surface area contributed by atoms with E-state index in [1.54, 1.807) is 0 Å². The second-order valence-corrected chi connectivity index (χ2v) is 6.22. The van der Waals surface area contributed by atoms with Gasteiger partial charge < -0.3 is 5.11 Å². The molecule has 0 aliphatic rings. The van der Waals surface area contributed by atoms with Gasteiger partial charge in [-0.25, -0.2) is 0 Å². The number of rotatable bonds is 6. The highest BCUT2D eigenvalue weighted by molar-refractivity contribution is 7.20. The molecule has 0 bridgehead atoms. The van der Waals surface area contributed by atoms with Gasteiger partial charge in [0, 0.05) is 18.0 Å². The molecule has 3 nitrogen and oxygen atoms in total. The van der Waals surface area contributed by atoms with E-state index in [0.717, 1.165) is 12.1 Å². The first kappa shape index (κ1) is 14.8. The molecule has 96 valence electrons. The lowest BCUT2D eigenvalue weighted by atomic mass is 10.1. The number of carboxylic acids is 1. The molecule has 1 N–H and O–H groups in total. The first-order valence-electron chi connectivity index (χ1n) is 5.28. The maximum Gasteiger partial charge on any atom is 0.303 e. The van der Waals surface area contributed by atoms with E-state index in [2.05, 4.69) is 4.90 Å². The topological polar surface area (TPSA) is 40.5 Å². The molecule has 0 spiro atoms. The van der Waals surface area contributed by atoms with Crippen LogP contribution in [0.5, 0.6) is 0 Å². The number of carbonyl (C=O) groups is 1. The van der Waals surface area contributed by atoms with Gasteiger partial charge in [0.2, 0.25) is 0 Å². The first-order valence-corrected chi connectivity index (χ1v) is 6.85. The highest BCUT2D eigenvalue weighted by Gasteiger charge is 2.17. The molecule has 17 heavy (non-hydrogen) atoms. The molecule has 0 aliphatic carbocycles. The van der Waals surface area contributed by atoms with Crippen molar-refractivity contribution in [2.24, 2.45) is 0 Å². The third-order valence-corrected chi connectivity index (χ3v) is 4.21. The lowest BCUT2D eigenvalue weighted by Crippen LogP contribution is -2.23.